The molecule has 0 unspecified atom stereocenters. The van der Waals surface area contributed by atoms with Gasteiger partial charge in [-0.25, -0.2) is 0 Å². The van der Waals surface area contributed by atoms with Crippen LogP contribution in [0.15, 0.2) is 0 Å². The van der Waals surface area contributed by atoms with Gasteiger partial charge in [-0.2, -0.15) is 0 Å². The zero-order valence-corrected chi connectivity index (χ0v) is 28.1. The van der Waals surface area contributed by atoms with Gasteiger partial charge in [-0.3, -0.25) is 33.7 Å². The molecule has 0 fully saturated rings. The third-order valence-electron chi connectivity index (χ3n) is 0. The minimum Gasteiger partial charge on any atom is -0.870 e. The Morgan fingerprint density at radius 1 is 0.303 bits per heavy atom. The van der Waals surface area contributed by atoms with Crippen molar-refractivity contribution in [2.75, 3.05) is 0 Å². The minimum atomic E-state index is -5.17. The minimum absolute atomic E-state index is 0. The molecule has 3 radical (unpaired) electrons. The van der Waals surface area contributed by atoms with Crippen LogP contribution >= 0.6 is 0 Å². The predicted molar refractivity (Wildman–Crippen MR) is 77.7 cm³/mol. The molecule has 10 N–H and O–H groups in total. The molecule has 0 aromatic carbocycles. The molecule has 0 aliphatic carbocycles. The second-order valence-electron chi connectivity index (χ2n) is 1.63. The van der Waals surface area contributed by atoms with Crippen molar-refractivity contribution in [2.24, 2.45) is 0 Å². The molecule has 33 heteroatoms. The van der Waals surface area contributed by atoms with Gasteiger partial charge in [0.2, 0.25) is 0 Å². The third-order valence-corrected chi connectivity index (χ3v) is 0. The summed E-state index contributed by atoms with van der Waals surface area (Å²) in [5.74, 6) is 0. The molecule has 0 aromatic rings. The van der Waals surface area contributed by atoms with Gasteiger partial charge in [0.25, 0.3) is 0 Å². The molecule has 0 atom stereocenters. The molecular formula is H10Ca3Mn3O23S4. The fourth-order valence-corrected chi connectivity index (χ4v) is 0. The van der Waals surface area contributed by atoms with E-state index in [1.54, 1.807) is 0 Å². The van der Waals surface area contributed by atoms with Crippen molar-refractivity contribution in [1.29, 1.82) is 0 Å². The summed E-state index contributed by atoms with van der Waals surface area (Å²) in [6.07, 6.45) is 0. The molecule has 0 aliphatic rings. The summed E-state index contributed by atoms with van der Waals surface area (Å²) in [5.41, 5.74) is 0. The molecule has 0 amide bonds. The zero-order chi connectivity index (χ0) is 18.0. The van der Waals surface area contributed by atoms with Crippen LogP contribution in [0.3, 0.4) is 0 Å². The van der Waals surface area contributed by atoms with Gasteiger partial charge < -0.3 is 74.8 Å². The quantitative estimate of drug-likeness (QED) is 0.125. The molecule has 199 valence electrons. The summed E-state index contributed by atoms with van der Waals surface area (Å²) >= 11 is 0. The van der Waals surface area contributed by atoms with Crippen molar-refractivity contribution in [3.63, 3.8) is 0 Å². The molecule has 33 heavy (non-hydrogen) atoms. The van der Waals surface area contributed by atoms with Gasteiger partial charge in [0.15, 0.2) is 0 Å². The van der Waals surface area contributed by atoms with Crippen LogP contribution in [0.4, 0.5) is 0 Å². The first kappa shape index (κ1) is 119. The average molecular weight is 791 g/mol. The molecular weight excluding hydrogens is 781 g/mol. The average Bonchev–Trinajstić information content (AvgIpc) is 1.62. The van der Waals surface area contributed by atoms with Crippen molar-refractivity contribution >= 4 is 155 Å². The summed E-state index contributed by atoms with van der Waals surface area (Å²) in [6, 6.07) is 0. The molecule has 0 rings (SSSR count). The molecule has 0 saturated carbocycles. The number of hydrogen-bond donors (Lipinski definition) is 0. The van der Waals surface area contributed by atoms with E-state index in [0.29, 0.717) is 0 Å². The number of rotatable bonds is 0. The Labute approximate surface area is 308 Å². The summed E-state index contributed by atoms with van der Waals surface area (Å²) < 4.78 is 136. The van der Waals surface area contributed by atoms with Crippen molar-refractivity contribution < 1.29 is 160 Å². The van der Waals surface area contributed by atoms with E-state index in [2.05, 4.69) is 0 Å². The van der Waals surface area contributed by atoms with E-state index in [4.69, 9.17) is 70.1 Å². The maximum absolute atomic E-state index is 8.52. The van der Waals surface area contributed by atoms with Gasteiger partial charge in [0.05, 0.1) is 0 Å². The van der Waals surface area contributed by atoms with E-state index in [-0.39, 0.29) is 203 Å². The van der Waals surface area contributed by atoms with Gasteiger partial charge in [0, 0.05) is 41.6 Å². The van der Waals surface area contributed by atoms with Crippen molar-refractivity contribution in [3.8, 4) is 0 Å². The Hall–Kier alpha value is 4.54. The maximum atomic E-state index is 8.52. The van der Waals surface area contributed by atoms with Crippen LogP contribution in [0.25, 0.3) is 0 Å². The molecule has 0 aliphatic heterocycles. The van der Waals surface area contributed by atoms with Crippen LogP contribution in [0.2, 0.25) is 0 Å². The molecule has 23 nitrogen and oxygen atoms in total. The SMILES string of the molecule is O.O.O.O=S(=O)([O-])[O-].O=S(=O)([O-])[O-].O=S(=O)([O-])[O-].O=S(=O)([O-])[O-].[Ca+2].[Ca+2].[Ca+2].[Mn+2].[Mn+2].[Mn+2].[OH-].[OH-].[OH-].[OH-]. The zero-order valence-electron chi connectivity index (χ0n) is 14.7. The Bertz CT molecular complexity index is 498. The van der Waals surface area contributed by atoms with Crippen LogP contribution in [0, 0.1) is 0 Å². The Kier molecular flexibility index (Phi) is 204. The second-order valence-corrected chi connectivity index (χ2v) is 4.90. The fraction of sp³-hybridized carbons (Fsp3) is 0. The van der Waals surface area contributed by atoms with Crippen molar-refractivity contribution in [3.05, 3.63) is 0 Å². The largest absolute Gasteiger partial charge is 2.00 e. The van der Waals surface area contributed by atoms with Crippen LogP contribution in [-0.4, -0.2) is 222 Å². The third kappa shape index (κ3) is 2120. The Balaban J connectivity index is -0.00000000610. The van der Waals surface area contributed by atoms with Crippen LogP contribution < -0.4 is 0 Å². The Morgan fingerprint density at radius 2 is 0.303 bits per heavy atom. The van der Waals surface area contributed by atoms with Crippen molar-refractivity contribution in [1.82, 2.24) is 0 Å². The topological polar surface area (TPSA) is 536 Å². The predicted octanol–water partition coefficient (Wildman–Crippen LogP) is -9.68. The van der Waals surface area contributed by atoms with E-state index < -0.39 is 41.6 Å². The maximum Gasteiger partial charge on any atom is 2.00 e. The van der Waals surface area contributed by atoms with Gasteiger partial charge in [-0.05, 0) is 0 Å². The van der Waals surface area contributed by atoms with E-state index in [1.165, 1.54) is 0 Å². The van der Waals surface area contributed by atoms with Crippen LogP contribution in [0.1, 0.15) is 0 Å². The van der Waals surface area contributed by atoms with E-state index in [0.717, 1.165) is 0 Å². The van der Waals surface area contributed by atoms with Crippen molar-refractivity contribution in [2.45, 2.75) is 0 Å². The van der Waals surface area contributed by atoms with Crippen LogP contribution in [0.5, 0.6) is 0 Å². The monoisotopic (exact) mass is 791 g/mol. The first-order valence-electron chi connectivity index (χ1n) is 2.67. The van der Waals surface area contributed by atoms with E-state index in [1.807, 2.05) is 0 Å². The first-order chi connectivity index (χ1) is 8.00. The molecule has 0 aromatic heterocycles. The van der Waals surface area contributed by atoms with E-state index in [9.17, 15) is 0 Å². The Morgan fingerprint density at radius 3 is 0.303 bits per heavy atom. The van der Waals surface area contributed by atoms with E-state index >= 15 is 0 Å². The fourth-order valence-electron chi connectivity index (χ4n) is 0. The number of hydrogen-bond acceptors (Lipinski definition) is 20. The molecule has 0 heterocycles. The molecule has 0 bridgehead atoms. The van der Waals surface area contributed by atoms with Gasteiger partial charge in [-0.15, -0.1) is 0 Å². The van der Waals surface area contributed by atoms with Gasteiger partial charge in [0.1, 0.15) is 0 Å². The standard InChI is InChI=1S/3Ca.3Mn.4H2O4S.7H2O/c;;;;;;4*1-5(2,3)4;;;;;;;/h;;;;;;4*(H2,1,2,3,4);7*1H2/q6*+2;;;;;;;;;;;/p-12. The molecule has 0 saturated heterocycles. The first-order valence-corrected chi connectivity index (χ1v) is 8.00. The smallest absolute Gasteiger partial charge is 0.870 e. The van der Waals surface area contributed by atoms with Gasteiger partial charge in [-0.1, -0.05) is 0 Å². The second kappa shape index (κ2) is 56.7. The summed E-state index contributed by atoms with van der Waals surface area (Å²) in [6.45, 7) is 0. The normalized spacial score (nSPS) is 7.03. The summed E-state index contributed by atoms with van der Waals surface area (Å²) in [4.78, 5) is 0. The summed E-state index contributed by atoms with van der Waals surface area (Å²) in [7, 11) is -20.7. The summed E-state index contributed by atoms with van der Waals surface area (Å²) in [5, 5.41) is 0. The van der Waals surface area contributed by atoms with Gasteiger partial charge >= 0.3 is 164 Å². The molecule has 0 spiro atoms. The van der Waals surface area contributed by atoms with Crippen LogP contribution in [-0.2, 0) is 92.8 Å².